The highest BCUT2D eigenvalue weighted by molar-refractivity contribution is 7.17. The van der Waals surface area contributed by atoms with E-state index in [1.54, 1.807) is 5.51 Å². The third kappa shape index (κ3) is 1.66. The summed E-state index contributed by atoms with van der Waals surface area (Å²) < 4.78 is 0.979. The van der Waals surface area contributed by atoms with Gasteiger partial charge < -0.3 is 11.1 Å². The van der Waals surface area contributed by atoms with Gasteiger partial charge >= 0.3 is 0 Å². The van der Waals surface area contributed by atoms with Gasteiger partial charge in [-0.2, -0.15) is 0 Å². The van der Waals surface area contributed by atoms with Gasteiger partial charge in [-0.3, -0.25) is 0 Å². The lowest BCUT2D eigenvalue weighted by atomic mass is 10.3. The Morgan fingerprint density at radius 1 is 1.50 bits per heavy atom. The topological polar surface area (TPSA) is 76.7 Å². The molecule has 0 aliphatic heterocycles. The van der Waals surface area contributed by atoms with Crippen LogP contribution >= 0.6 is 11.3 Å². The van der Waals surface area contributed by atoms with Crippen molar-refractivity contribution in [1.82, 2.24) is 15.0 Å². The summed E-state index contributed by atoms with van der Waals surface area (Å²) in [6, 6.07) is 0.204. The number of aromatic nitrogens is 3. The van der Waals surface area contributed by atoms with Crippen LogP contribution in [0.5, 0.6) is 0 Å². The van der Waals surface area contributed by atoms with Crippen LogP contribution in [0.15, 0.2) is 11.8 Å². The van der Waals surface area contributed by atoms with E-state index in [0.717, 1.165) is 16.2 Å². The van der Waals surface area contributed by atoms with Crippen molar-refractivity contribution in [3.05, 3.63) is 11.8 Å². The summed E-state index contributed by atoms with van der Waals surface area (Å²) in [4.78, 5) is 12.3. The number of rotatable bonds is 3. The summed E-state index contributed by atoms with van der Waals surface area (Å²) in [6.07, 6.45) is 1.51. The lowest BCUT2D eigenvalue weighted by molar-refractivity contribution is 0.799. The van der Waals surface area contributed by atoms with Gasteiger partial charge in [-0.1, -0.05) is 0 Å². The van der Waals surface area contributed by atoms with Crippen LogP contribution in [0.1, 0.15) is 6.92 Å². The van der Waals surface area contributed by atoms with E-state index in [1.165, 1.54) is 17.7 Å². The van der Waals surface area contributed by atoms with Crippen LogP contribution in [0.25, 0.3) is 10.3 Å². The van der Waals surface area contributed by atoms with Crippen LogP contribution in [-0.2, 0) is 0 Å². The number of nitrogens with one attached hydrogen (secondary N) is 1. The molecular weight excluding hydrogens is 198 g/mol. The summed E-state index contributed by atoms with van der Waals surface area (Å²) >= 11 is 1.53. The summed E-state index contributed by atoms with van der Waals surface area (Å²) in [7, 11) is 0. The van der Waals surface area contributed by atoms with Crippen molar-refractivity contribution >= 4 is 27.5 Å². The van der Waals surface area contributed by atoms with Gasteiger partial charge in [-0.15, -0.1) is 11.3 Å². The Bertz CT molecular complexity index is 426. The Labute approximate surface area is 85.4 Å². The number of fused-ring (bicyclic) bond motifs is 1. The Morgan fingerprint density at radius 3 is 3.14 bits per heavy atom. The molecule has 14 heavy (non-hydrogen) atoms. The van der Waals surface area contributed by atoms with Crippen LogP contribution in [0, 0.1) is 0 Å². The smallest absolute Gasteiger partial charge is 0.175 e. The highest BCUT2D eigenvalue weighted by atomic mass is 32.1. The van der Waals surface area contributed by atoms with Crippen LogP contribution in [0.2, 0.25) is 0 Å². The zero-order valence-corrected chi connectivity index (χ0v) is 8.58. The predicted molar refractivity (Wildman–Crippen MR) is 57.3 cm³/mol. The second kappa shape index (κ2) is 3.85. The fraction of sp³-hybridized carbons (Fsp3) is 0.375. The SMILES string of the molecule is CC(CN)Nc1ncnc2ncsc12. The highest BCUT2D eigenvalue weighted by Gasteiger charge is 2.07. The molecule has 1 unspecified atom stereocenters. The monoisotopic (exact) mass is 209 g/mol. The molecule has 5 nitrogen and oxygen atoms in total. The molecule has 0 aromatic carbocycles. The number of nitrogens with zero attached hydrogens (tertiary/aromatic N) is 3. The lowest BCUT2D eigenvalue weighted by Crippen LogP contribution is -2.25. The molecular formula is C8H11N5S. The minimum atomic E-state index is 0.204. The number of thiazole rings is 1. The number of hydrogen-bond donors (Lipinski definition) is 2. The van der Waals surface area contributed by atoms with Crippen molar-refractivity contribution in [3.8, 4) is 0 Å². The largest absolute Gasteiger partial charge is 0.365 e. The van der Waals surface area contributed by atoms with E-state index in [4.69, 9.17) is 5.73 Å². The molecule has 0 radical (unpaired) electrons. The zero-order chi connectivity index (χ0) is 9.97. The molecule has 2 aromatic heterocycles. The molecule has 0 aliphatic carbocycles. The molecule has 74 valence electrons. The van der Waals surface area contributed by atoms with E-state index in [2.05, 4.69) is 20.3 Å². The normalized spacial score (nSPS) is 13.0. The fourth-order valence-corrected chi connectivity index (χ4v) is 1.78. The van der Waals surface area contributed by atoms with Gasteiger partial charge in [0.05, 0.1) is 5.51 Å². The number of hydrogen-bond acceptors (Lipinski definition) is 6. The first-order valence-corrected chi connectivity index (χ1v) is 5.20. The van der Waals surface area contributed by atoms with Gasteiger partial charge in [0.25, 0.3) is 0 Å². The van der Waals surface area contributed by atoms with Crippen molar-refractivity contribution < 1.29 is 0 Å². The number of nitrogens with two attached hydrogens (primary N) is 1. The van der Waals surface area contributed by atoms with Gasteiger partial charge in [0.15, 0.2) is 5.65 Å². The van der Waals surface area contributed by atoms with Crippen molar-refractivity contribution in [2.75, 3.05) is 11.9 Å². The Balaban J connectivity index is 2.36. The van der Waals surface area contributed by atoms with Crippen molar-refractivity contribution in [3.63, 3.8) is 0 Å². The van der Waals surface area contributed by atoms with Gasteiger partial charge in [0.1, 0.15) is 16.8 Å². The molecule has 2 heterocycles. The van der Waals surface area contributed by atoms with Crippen LogP contribution in [0.4, 0.5) is 5.82 Å². The third-order valence-electron chi connectivity index (χ3n) is 1.87. The molecule has 0 saturated heterocycles. The standard InChI is InChI=1S/C8H11N5S/c1-5(2-9)13-8-6-7(10-3-11-8)12-4-14-6/h3-5H,2,9H2,1H3,(H,10,11,13). The molecule has 2 rings (SSSR count). The van der Waals surface area contributed by atoms with Gasteiger partial charge in [0, 0.05) is 12.6 Å². The molecule has 6 heteroatoms. The quantitative estimate of drug-likeness (QED) is 0.783. The van der Waals surface area contributed by atoms with E-state index < -0.39 is 0 Å². The first kappa shape index (κ1) is 9.29. The summed E-state index contributed by atoms with van der Waals surface area (Å²) in [5.41, 5.74) is 8.02. The maximum atomic E-state index is 5.52. The molecule has 0 bridgehead atoms. The van der Waals surface area contributed by atoms with Crippen molar-refractivity contribution in [1.29, 1.82) is 0 Å². The van der Waals surface area contributed by atoms with Crippen LogP contribution in [-0.4, -0.2) is 27.5 Å². The molecule has 0 aliphatic rings. The van der Waals surface area contributed by atoms with Crippen LogP contribution < -0.4 is 11.1 Å². The second-order valence-corrected chi connectivity index (χ2v) is 3.86. The van der Waals surface area contributed by atoms with E-state index in [1.807, 2.05) is 6.92 Å². The fourth-order valence-electron chi connectivity index (χ4n) is 1.09. The van der Waals surface area contributed by atoms with E-state index in [9.17, 15) is 0 Å². The van der Waals surface area contributed by atoms with E-state index in [-0.39, 0.29) is 6.04 Å². The zero-order valence-electron chi connectivity index (χ0n) is 7.77. The average molecular weight is 209 g/mol. The van der Waals surface area contributed by atoms with Crippen LogP contribution in [0.3, 0.4) is 0 Å². The summed E-state index contributed by atoms with van der Waals surface area (Å²) in [5, 5.41) is 3.21. The Kier molecular flexibility index (Phi) is 2.55. The van der Waals surface area contributed by atoms with Crippen molar-refractivity contribution in [2.45, 2.75) is 13.0 Å². The molecule has 0 amide bonds. The first-order chi connectivity index (χ1) is 6.81. The molecule has 2 aromatic rings. The van der Waals surface area contributed by atoms with E-state index in [0.29, 0.717) is 6.54 Å². The minimum Gasteiger partial charge on any atom is -0.365 e. The lowest BCUT2D eigenvalue weighted by Gasteiger charge is -2.11. The average Bonchev–Trinajstić information content (AvgIpc) is 2.66. The molecule has 0 fully saturated rings. The Morgan fingerprint density at radius 2 is 2.36 bits per heavy atom. The Hall–Kier alpha value is -1.27. The number of anilines is 1. The van der Waals surface area contributed by atoms with Crippen molar-refractivity contribution in [2.24, 2.45) is 5.73 Å². The summed E-state index contributed by atoms with van der Waals surface area (Å²) in [5.74, 6) is 0.815. The van der Waals surface area contributed by atoms with Gasteiger partial charge in [0.2, 0.25) is 0 Å². The first-order valence-electron chi connectivity index (χ1n) is 4.32. The molecule has 1 atom stereocenters. The predicted octanol–water partition coefficient (Wildman–Crippen LogP) is 0.845. The highest BCUT2D eigenvalue weighted by Crippen LogP contribution is 2.22. The molecule has 0 spiro atoms. The maximum absolute atomic E-state index is 5.52. The van der Waals surface area contributed by atoms with Gasteiger partial charge in [-0.05, 0) is 6.92 Å². The minimum absolute atomic E-state index is 0.204. The van der Waals surface area contributed by atoms with E-state index >= 15 is 0 Å². The second-order valence-electron chi connectivity index (χ2n) is 3.01. The summed E-state index contributed by atoms with van der Waals surface area (Å²) in [6.45, 7) is 2.58. The van der Waals surface area contributed by atoms with Gasteiger partial charge in [-0.25, -0.2) is 15.0 Å². The molecule has 3 N–H and O–H groups in total. The molecule has 0 saturated carbocycles. The maximum Gasteiger partial charge on any atom is 0.175 e. The third-order valence-corrected chi connectivity index (χ3v) is 2.69.